The van der Waals surface area contributed by atoms with E-state index in [9.17, 15) is 14.7 Å². The quantitative estimate of drug-likeness (QED) is 0.0595. The number of aldehydes is 1. The molecular weight excluding hydrogens is 606 g/mol. The number of hydrogen-bond acceptors (Lipinski definition) is 8. The molecule has 1 fully saturated rings. The van der Waals surface area contributed by atoms with Gasteiger partial charge in [-0.1, -0.05) is 93.1 Å². The number of carbonyl (C=O) groups excluding carboxylic acids is 2. The van der Waals surface area contributed by atoms with Gasteiger partial charge in [0, 0.05) is 19.0 Å². The van der Waals surface area contributed by atoms with Crippen molar-refractivity contribution in [3.05, 3.63) is 95.6 Å². The molecule has 0 amide bonds. The summed E-state index contributed by atoms with van der Waals surface area (Å²) in [6.45, 7) is 0.710. The number of likely N-dealkylation sites (tertiary alicyclic amines) is 1. The summed E-state index contributed by atoms with van der Waals surface area (Å²) in [5.41, 5.74) is 1.88. The Hall–Kier alpha value is -3.72. The fraction of sp³-hybridized carbons (Fsp3) is 0.500. The van der Waals surface area contributed by atoms with E-state index in [4.69, 9.17) is 18.9 Å². The lowest BCUT2D eigenvalue weighted by atomic mass is 9.80. The monoisotopic (exact) mass is 659 g/mol. The summed E-state index contributed by atoms with van der Waals surface area (Å²) in [6.07, 6.45) is 10.4. The number of rotatable bonds is 20. The Morgan fingerprint density at radius 3 is 1.88 bits per heavy atom. The highest BCUT2D eigenvalue weighted by Crippen LogP contribution is 2.42. The van der Waals surface area contributed by atoms with Crippen LogP contribution in [-0.4, -0.2) is 74.9 Å². The summed E-state index contributed by atoms with van der Waals surface area (Å²) in [5.74, 6) is 1.23. The molecule has 0 radical (unpaired) electrons. The Balaban J connectivity index is 1.61. The number of piperidine rings is 1. The molecule has 260 valence electrons. The largest absolute Gasteiger partial charge is 0.497 e. The van der Waals surface area contributed by atoms with Crippen molar-refractivity contribution in [2.24, 2.45) is 0 Å². The van der Waals surface area contributed by atoms with Crippen molar-refractivity contribution in [1.29, 1.82) is 0 Å². The molecule has 0 spiro atoms. The van der Waals surface area contributed by atoms with Gasteiger partial charge in [-0.3, -0.25) is 9.69 Å². The van der Waals surface area contributed by atoms with E-state index in [2.05, 4.69) is 17.0 Å². The molecule has 0 aromatic heterocycles. The van der Waals surface area contributed by atoms with Gasteiger partial charge >= 0.3 is 5.97 Å². The van der Waals surface area contributed by atoms with E-state index in [-0.39, 0.29) is 12.0 Å². The molecule has 3 atom stereocenters. The average molecular weight is 660 g/mol. The fourth-order valence-corrected chi connectivity index (χ4v) is 6.89. The van der Waals surface area contributed by atoms with Gasteiger partial charge in [-0.15, -0.1) is 0 Å². The normalized spacial score (nSPS) is 17.4. The Labute approximate surface area is 286 Å². The van der Waals surface area contributed by atoms with E-state index in [0.717, 1.165) is 79.4 Å². The first-order valence-corrected chi connectivity index (χ1v) is 17.4. The van der Waals surface area contributed by atoms with Crippen LogP contribution in [0.1, 0.15) is 87.3 Å². The molecule has 1 saturated heterocycles. The van der Waals surface area contributed by atoms with E-state index in [1.54, 1.807) is 14.2 Å². The summed E-state index contributed by atoms with van der Waals surface area (Å²) >= 11 is 0. The van der Waals surface area contributed by atoms with E-state index >= 15 is 0 Å². The van der Waals surface area contributed by atoms with Gasteiger partial charge in [0.1, 0.15) is 29.4 Å². The topological polar surface area (TPSA) is 94.5 Å². The number of nitrogens with zero attached hydrogens (tertiary/aromatic N) is 1. The van der Waals surface area contributed by atoms with Gasteiger partial charge in [-0.05, 0) is 66.6 Å². The second-order valence-corrected chi connectivity index (χ2v) is 12.7. The zero-order valence-electron chi connectivity index (χ0n) is 28.9. The molecule has 0 saturated carbocycles. The maximum Gasteiger partial charge on any atom is 0.323 e. The highest BCUT2D eigenvalue weighted by Gasteiger charge is 2.42. The molecule has 8 heteroatoms. The SMILES string of the molecule is COC(=O)C(CCCCCCCCCC=O)N1C[C@H](O)CC[C@@H]1COC(c1ccccc1)(c1ccc(OC)cc1)c1ccc(OC)cc1. The van der Waals surface area contributed by atoms with Crippen molar-refractivity contribution in [2.45, 2.75) is 94.4 Å². The third kappa shape index (κ3) is 9.68. The van der Waals surface area contributed by atoms with Crippen LogP contribution in [0.25, 0.3) is 0 Å². The molecule has 1 N–H and O–H groups in total. The Morgan fingerprint density at radius 2 is 1.33 bits per heavy atom. The molecule has 8 nitrogen and oxygen atoms in total. The Kier molecular flexibility index (Phi) is 14.9. The van der Waals surface area contributed by atoms with Gasteiger partial charge in [0.2, 0.25) is 0 Å². The maximum absolute atomic E-state index is 13.3. The number of aliphatic hydroxyl groups excluding tert-OH is 1. The number of unbranched alkanes of at least 4 members (excludes halogenated alkanes) is 7. The molecule has 4 rings (SSSR count). The molecule has 1 heterocycles. The van der Waals surface area contributed by atoms with Crippen molar-refractivity contribution in [1.82, 2.24) is 4.90 Å². The van der Waals surface area contributed by atoms with E-state index in [0.29, 0.717) is 38.8 Å². The zero-order valence-corrected chi connectivity index (χ0v) is 28.9. The van der Waals surface area contributed by atoms with Crippen molar-refractivity contribution in [3.8, 4) is 11.5 Å². The maximum atomic E-state index is 13.3. The van der Waals surface area contributed by atoms with Gasteiger partial charge in [0.15, 0.2) is 0 Å². The van der Waals surface area contributed by atoms with Gasteiger partial charge in [0.05, 0.1) is 34.0 Å². The summed E-state index contributed by atoms with van der Waals surface area (Å²) < 4.78 is 23.5. The molecule has 48 heavy (non-hydrogen) atoms. The number of ether oxygens (including phenoxy) is 4. The fourth-order valence-electron chi connectivity index (χ4n) is 6.89. The average Bonchev–Trinajstić information content (AvgIpc) is 3.14. The summed E-state index contributed by atoms with van der Waals surface area (Å²) in [6, 6.07) is 25.5. The summed E-state index contributed by atoms with van der Waals surface area (Å²) in [5, 5.41) is 10.8. The second kappa shape index (κ2) is 19.3. The molecule has 3 aromatic rings. The number of aliphatic hydroxyl groups is 1. The number of carbonyl (C=O) groups is 2. The first kappa shape index (κ1) is 37.1. The highest BCUT2D eigenvalue weighted by molar-refractivity contribution is 5.75. The highest BCUT2D eigenvalue weighted by atomic mass is 16.5. The molecule has 0 aliphatic carbocycles. The van der Waals surface area contributed by atoms with Gasteiger partial charge < -0.3 is 28.8 Å². The van der Waals surface area contributed by atoms with Crippen molar-refractivity contribution < 1.29 is 33.6 Å². The predicted molar refractivity (Wildman–Crippen MR) is 187 cm³/mol. The number of methoxy groups -OCH3 is 3. The molecule has 1 aliphatic heterocycles. The lowest BCUT2D eigenvalue weighted by Gasteiger charge is -2.44. The molecule has 1 unspecified atom stereocenters. The van der Waals surface area contributed by atoms with E-state index < -0.39 is 17.7 Å². The standard InChI is InChI=1S/C40H53NO7/c1-45-36-24-18-32(19-25-36)40(31-15-11-10-12-16-31,33-20-26-37(46-2)27-21-33)48-30-34-22-23-35(43)29-41(34)38(39(44)47-3)17-13-8-6-4-5-7-9-14-28-42/h10-12,15-16,18-21,24-28,34-35,38,43H,4-9,13-14,17,22-23,29-30H2,1-3H3/t34-,35-,38?/m1/s1. The third-order valence-corrected chi connectivity index (χ3v) is 9.56. The van der Waals surface area contributed by atoms with Crippen LogP contribution < -0.4 is 9.47 Å². The molecule has 3 aromatic carbocycles. The van der Waals surface area contributed by atoms with Crippen LogP contribution in [0.3, 0.4) is 0 Å². The Morgan fingerprint density at radius 1 is 0.792 bits per heavy atom. The number of benzene rings is 3. The molecule has 0 bridgehead atoms. The predicted octanol–water partition coefficient (Wildman–Crippen LogP) is 7.09. The first-order chi connectivity index (χ1) is 23.5. The lowest BCUT2D eigenvalue weighted by molar-refractivity contribution is -0.152. The third-order valence-electron chi connectivity index (χ3n) is 9.56. The first-order valence-electron chi connectivity index (χ1n) is 17.4. The second-order valence-electron chi connectivity index (χ2n) is 12.7. The minimum atomic E-state index is -0.978. The molecule has 1 aliphatic rings. The number of esters is 1. The van der Waals surface area contributed by atoms with Gasteiger partial charge in [-0.2, -0.15) is 0 Å². The zero-order chi connectivity index (χ0) is 34.2. The smallest absolute Gasteiger partial charge is 0.323 e. The van der Waals surface area contributed by atoms with Crippen LogP contribution in [0.2, 0.25) is 0 Å². The van der Waals surface area contributed by atoms with E-state index in [1.807, 2.05) is 66.7 Å². The molecular formula is C40H53NO7. The van der Waals surface area contributed by atoms with Gasteiger partial charge in [-0.25, -0.2) is 0 Å². The van der Waals surface area contributed by atoms with Crippen LogP contribution in [0, 0.1) is 0 Å². The van der Waals surface area contributed by atoms with Crippen LogP contribution in [0.4, 0.5) is 0 Å². The summed E-state index contributed by atoms with van der Waals surface area (Å²) in [4.78, 5) is 26.0. The minimum Gasteiger partial charge on any atom is -0.497 e. The van der Waals surface area contributed by atoms with Crippen LogP contribution >= 0.6 is 0 Å². The number of β-amino-alcohol motifs (C(OH)–C–C–N with tert-alkyl or cyclic N) is 1. The van der Waals surface area contributed by atoms with E-state index in [1.165, 1.54) is 7.11 Å². The van der Waals surface area contributed by atoms with Crippen molar-refractivity contribution in [2.75, 3.05) is 34.5 Å². The Bertz CT molecular complexity index is 1320. The lowest BCUT2D eigenvalue weighted by Crippen LogP contribution is -2.56. The van der Waals surface area contributed by atoms with Crippen LogP contribution in [-0.2, 0) is 24.7 Å². The minimum absolute atomic E-state index is 0.116. The van der Waals surface area contributed by atoms with Crippen LogP contribution in [0.15, 0.2) is 78.9 Å². The van der Waals surface area contributed by atoms with Gasteiger partial charge in [0.25, 0.3) is 0 Å². The van der Waals surface area contributed by atoms with Crippen molar-refractivity contribution in [3.63, 3.8) is 0 Å². The summed E-state index contributed by atoms with van der Waals surface area (Å²) in [7, 11) is 4.75. The number of hydrogen-bond donors (Lipinski definition) is 1. The van der Waals surface area contributed by atoms with Crippen LogP contribution in [0.5, 0.6) is 11.5 Å². The van der Waals surface area contributed by atoms with Crippen molar-refractivity contribution >= 4 is 12.3 Å².